The van der Waals surface area contributed by atoms with Gasteiger partial charge in [0.25, 0.3) is 10.7 Å². The minimum atomic E-state index is -2.75. The molecule has 0 radical (unpaired) electrons. The zero-order valence-electron chi connectivity index (χ0n) is 9.40. The summed E-state index contributed by atoms with van der Waals surface area (Å²) in [5.41, 5.74) is -0.994. The normalized spacial score (nSPS) is 35.8. The van der Waals surface area contributed by atoms with Gasteiger partial charge in [-0.2, -0.15) is 0 Å². The molecule has 2 heterocycles. The van der Waals surface area contributed by atoms with Crippen LogP contribution in [0.5, 0.6) is 0 Å². The van der Waals surface area contributed by atoms with Gasteiger partial charge < -0.3 is 20.2 Å². The van der Waals surface area contributed by atoms with E-state index in [4.69, 9.17) is 26.7 Å². The third-order valence-electron chi connectivity index (χ3n) is 2.77. The van der Waals surface area contributed by atoms with E-state index in [0.717, 1.165) is 16.8 Å². The Hall–Kier alpha value is -1.42. The Bertz CT molecular complexity index is 586. The SMILES string of the molecule is O=c1ccn([C@@H]2O[C@H](CO)[C@@H](O)[C@]2(F)Cl)/c(=N/O)[nH]1. The molecule has 10 heteroatoms. The average molecular weight is 296 g/mol. The number of aliphatic hydroxyl groups is 2. The number of rotatable bonds is 2. The highest BCUT2D eigenvalue weighted by Gasteiger charge is 2.57. The number of H-pyrrole nitrogens is 1. The Labute approximate surface area is 110 Å². The zero-order chi connectivity index (χ0) is 14.2. The first-order valence-corrected chi connectivity index (χ1v) is 5.61. The van der Waals surface area contributed by atoms with Gasteiger partial charge in [0.2, 0.25) is 5.62 Å². The third-order valence-corrected chi connectivity index (χ3v) is 3.18. The van der Waals surface area contributed by atoms with Crippen molar-refractivity contribution in [3.8, 4) is 0 Å². The molecule has 1 aromatic rings. The van der Waals surface area contributed by atoms with Gasteiger partial charge in [0.1, 0.15) is 12.2 Å². The van der Waals surface area contributed by atoms with Gasteiger partial charge >= 0.3 is 0 Å². The predicted octanol–water partition coefficient (Wildman–Crippen LogP) is -1.38. The van der Waals surface area contributed by atoms with Gasteiger partial charge in [0.05, 0.1) is 6.61 Å². The maximum Gasteiger partial charge on any atom is 0.256 e. The van der Waals surface area contributed by atoms with Crippen LogP contribution < -0.4 is 11.2 Å². The number of hydrogen-bond acceptors (Lipinski definition) is 6. The Morgan fingerprint density at radius 2 is 2.37 bits per heavy atom. The fraction of sp³-hybridized carbons (Fsp3) is 0.556. The van der Waals surface area contributed by atoms with E-state index in [1.807, 2.05) is 0 Å². The van der Waals surface area contributed by atoms with Crippen LogP contribution in [0.15, 0.2) is 22.2 Å². The summed E-state index contributed by atoms with van der Waals surface area (Å²) in [6, 6.07) is 1.03. The van der Waals surface area contributed by atoms with Crippen LogP contribution in [0.4, 0.5) is 4.39 Å². The average Bonchev–Trinajstić information content (AvgIpc) is 2.61. The van der Waals surface area contributed by atoms with Crippen molar-refractivity contribution in [3.05, 3.63) is 28.2 Å². The molecule has 2 rings (SSSR count). The second kappa shape index (κ2) is 4.93. The zero-order valence-corrected chi connectivity index (χ0v) is 10.2. The molecule has 0 amide bonds. The number of ether oxygens (including phenoxy) is 1. The fourth-order valence-electron chi connectivity index (χ4n) is 1.82. The lowest BCUT2D eigenvalue weighted by Crippen LogP contribution is -2.42. The molecule has 106 valence electrons. The van der Waals surface area contributed by atoms with E-state index < -0.39 is 41.3 Å². The highest BCUT2D eigenvalue weighted by Crippen LogP contribution is 2.43. The maximum absolute atomic E-state index is 14.3. The molecule has 19 heavy (non-hydrogen) atoms. The van der Waals surface area contributed by atoms with Crippen molar-refractivity contribution in [2.45, 2.75) is 23.6 Å². The number of aliphatic hydroxyl groups excluding tert-OH is 2. The molecule has 0 unspecified atom stereocenters. The number of alkyl halides is 2. The van der Waals surface area contributed by atoms with Crippen LogP contribution in [0.3, 0.4) is 0 Å². The molecule has 1 aliphatic heterocycles. The van der Waals surface area contributed by atoms with Crippen LogP contribution in [0.2, 0.25) is 0 Å². The van der Waals surface area contributed by atoms with Crippen molar-refractivity contribution >= 4 is 11.6 Å². The van der Waals surface area contributed by atoms with Crippen molar-refractivity contribution in [3.63, 3.8) is 0 Å². The summed E-state index contributed by atoms with van der Waals surface area (Å²) in [7, 11) is 0. The molecule has 1 saturated heterocycles. The van der Waals surface area contributed by atoms with Crippen molar-refractivity contribution in [2.75, 3.05) is 6.61 Å². The first-order valence-electron chi connectivity index (χ1n) is 5.23. The first kappa shape index (κ1) is 14.0. The van der Waals surface area contributed by atoms with E-state index in [2.05, 4.69) is 10.1 Å². The number of aromatic nitrogens is 2. The molecule has 4 N–H and O–H groups in total. The molecule has 8 nitrogen and oxygen atoms in total. The van der Waals surface area contributed by atoms with E-state index in [-0.39, 0.29) is 0 Å². The van der Waals surface area contributed by atoms with Crippen LogP contribution in [0.1, 0.15) is 6.23 Å². The molecule has 0 aliphatic carbocycles. The number of aromatic amines is 1. The molecule has 1 aliphatic rings. The summed E-state index contributed by atoms with van der Waals surface area (Å²) in [5.74, 6) is 0. The smallest absolute Gasteiger partial charge is 0.256 e. The third kappa shape index (κ3) is 2.25. The predicted molar refractivity (Wildman–Crippen MR) is 59.1 cm³/mol. The number of nitrogens with one attached hydrogen (secondary N) is 1. The second-order valence-electron chi connectivity index (χ2n) is 3.96. The van der Waals surface area contributed by atoms with Crippen LogP contribution in [0, 0.1) is 0 Å². The number of halogens is 2. The lowest BCUT2D eigenvalue weighted by molar-refractivity contribution is -0.0528. The van der Waals surface area contributed by atoms with Gasteiger partial charge in [-0.1, -0.05) is 16.8 Å². The molecular formula is C9H11ClFN3O5. The Morgan fingerprint density at radius 1 is 1.68 bits per heavy atom. The van der Waals surface area contributed by atoms with Gasteiger partial charge in [-0.05, 0) is 0 Å². The Morgan fingerprint density at radius 3 is 2.89 bits per heavy atom. The molecule has 1 aromatic heterocycles. The molecule has 4 atom stereocenters. The van der Waals surface area contributed by atoms with Gasteiger partial charge in [0, 0.05) is 12.3 Å². The van der Waals surface area contributed by atoms with Gasteiger partial charge in [-0.25, -0.2) is 4.39 Å². The van der Waals surface area contributed by atoms with E-state index in [9.17, 15) is 14.3 Å². The highest BCUT2D eigenvalue weighted by atomic mass is 35.5. The molecule has 0 bridgehead atoms. The Kier molecular flexibility index (Phi) is 3.63. The Balaban J connectivity index is 2.51. The van der Waals surface area contributed by atoms with Crippen molar-refractivity contribution in [1.29, 1.82) is 0 Å². The summed E-state index contributed by atoms with van der Waals surface area (Å²) < 4.78 is 20.2. The summed E-state index contributed by atoms with van der Waals surface area (Å²) in [5, 5.41) is 27.3. The topological polar surface area (TPSA) is 120 Å². The van der Waals surface area contributed by atoms with Gasteiger partial charge in [-0.3, -0.25) is 14.3 Å². The van der Waals surface area contributed by atoms with Crippen molar-refractivity contribution in [1.82, 2.24) is 9.55 Å². The van der Waals surface area contributed by atoms with Crippen molar-refractivity contribution < 1.29 is 24.5 Å². The molecule has 0 aromatic carbocycles. The fourth-order valence-corrected chi connectivity index (χ4v) is 2.12. The number of nitrogens with zero attached hydrogens (tertiary/aromatic N) is 2. The summed E-state index contributed by atoms with van der Waals surface area (Å²) in [6.45, 7) is -0.647. The second-order valence-corrected chi connectivity index (χ2v) is 4.54. The maximum atomic E-state index is 14.3. The quantitative estimate of drug-likeness (QED) is 0.304. The van der Waals surface area contributed by atoms with Crippen LogP contribution in [0.25, 0.3) is 0 Å². The van der Waals surface area contributed by atoms with Crippen LogP contribution in [-0.4, -0.2) is 48.9 Å². The first-order chi connectivity index (χ1) is 8.91. The van der Waals surface area contributed by atoms with E-state index in [1.165, 1.54) is 0 Å². The molecule has 0 saturated carbocycles. The minimum Gasteiger partial charge on any atom is -0.408 e. The summed E-state index contributed by atoms with van der Waals surface area (Å²) >= 11 is 5.57. The number of hydrogen-bond donors (Lipinski definition) is 4. The van der Waals surface area contributed by atoms with E-state index in [0.29, 0.717) is 0 Å². The summed E-state index contributed by atoms with van der Waals surface area (Å²) in [4.78, 5) is 13.2. The monoisotopic (exact) mass is 295 g/mol. The van der Waals surface area contributed by atoms with E-state index in [1.54, 1.807) is 0 Å². The summed E-state index contributed by atoms with van der Waals surface area (Å²) in [6.07, 6.45) is -3.51. The lowest BCUT2D eigenvalue weighted by Gasteiger charge is -2.22. The van der Waals surface area contributed by atoms with Crippen molar-refractivity contribution in [2.24, 2.45) is 5.16 Å². The minimum absolute atomic E-state index is 0.411. The van der Waals surface area contributed by atoms with Crippen LogP contribution >= 0.6 is 11.6 Å². The molecular weight excluding hydrogens is 285 g/mol. The van der Waals surface area contributed by atoms with Gasteiger partial charge in [-0.15, -0.1) is 0 Å². The largest absolute Gasteiger partial charge is 0.408 e. The van der Waals surface area contributed by atoms with Gasteiger partial charge in [0.15, 0.2) is 6.23 Å². The standard InChI is InChI=1S/C9H11ClFN3O5/c10-9(11)6(17)4(3-15)19-7(9)14-2-1-5(16)12-8(14)13-18/h1-2,4,6-7,15,17-18H,3H2,(H,12,13,16)/t4-,6-,7-,9-/m1/s1. The highest BCUT2D eigenvalue weighted by molar-refractivity contribution is 6.23. The van der Waals surface area contributed by atoms with E-state index >= 15 is 0 Å². The molecule has 1 fully saturated rings. The molecule has 0 spiro atoms. The lowest BCUT2D eigenvalue weighted by atomic mass is 10.1. The van der Waals surface area contributed by atoms with Crippen LogP contribution in [-0.2, 0) is 4.74 Å².